The smallest absolute Gasteiger partial charge is 0.0581 e. The number of dihydropyridines is 1. The quantitative estimate of drug-likeness (QED) is 0.715. The predicted octanol–water partition coefficient (Wildman–Crippen LogP) is 1.71. The Labute approximate surface area is 86.7 Å². The zero-order chi connectivity index (χ0) is 9.64. The molecule has 14 heavy (non-hydrogen) atoms. The van der Waals surface area contributed by atoms with Gasteiger partial charge in [0.1, 0.15) is 0 Å². The summed E-state index contributed by atoms with van der Waals surface area (Å²) >= 11 is 0. The molecule has 0 spiro atoms. The highest BCUT2D eigenvalue weighted by molar-refractivity contribution is 5.21. The predicted molar refractivity (Wildman–Crippen MR) is 58.8 cm³/mol. The first-order valence-electron chi connectivity index (χ1n) is 5.68. The van der Waals surface area contributed by atoms with Crippen molar-refractivity contribution in [1.29, 1.82) is 0 Å². The highest BCUT2D eigenvalue weighted by Gasteiger charge is 2.10. The molecule has 2 nitrogen and oxygen atoms in total. The first kappa shape index (κ1) is 9.78. The lowest BCUT2D eigenvalue weighted by atomic mass is 10.2. The van der Waals surface area contributed by atoms with Crippen LogP contribution in [0, 0.1) is 6.20 Å². The average molecular weight is 191 g/mol. The Morgan fingerprint density at radius 3 is 2.64 bits per heavy atom. The third-order valence-corrected chi connectivity index (χ3v) is 2.93. The van der Waals surface area contributed by atoms with Gasteiger partial charge in [0.25, 0.3) is 0 Å². The molecule has 2 rings (SSSR count). The maximum Gasteiger partial charge on any atom is 0.0581 e. The van der Waals surface area contributed by atoms with Crippen molar-refractivity contribution in [3.05, 3.63) is 23.9 Å². The van der Waals surface area contributed by atoms with E-state index in [0.29, 0.717) is 0 Å². The third kappa shape index (κ3) is 2.88. The zero-order valence-corrected chi connectivity index (χ0v) is 8.76. The Morgan fingerprint density at radius 2 is 2.00 bits per heavy atom. The molecular weight excluding hydrogens is 172 g/mol. The molecule has 0 amide bonds. The highest BCUT2D eigenvalue weighted by Crippen LogP contribution is 2.12. The van der Waals surface area contributed by atoms with Crippen LogP contribution in [0.25, 0.3) is 0 Å². The van der Waals surface area contributed by atoms with Crippen molar-refractivity contribution in [2.45, 2.75) is 25.7 Å². The van der Waals surface area contributed by atoms with Crippen LogP contribution in [0.5, 0.6) is 0 Å². The summed E-state index contributed by atoms with van der Waals surface area (Å²) in [6, 6.07) is 0. The number of nitrogens with zero attached hydrogens (tertiary/aromatic N) is 1. The lowest BCUT2D eigenvalue weighted by Gasteiger charge is -2.21. The van der Waals surface area contributed by atoms with Gasteiger partial charge in [0.05, 0.1) is 6.20 Å². The van der Waals surface area contributed by atoms with E-state index in [-0.39, 0.29) is 0 Å². The van der Waals surface area contributed by atoms with Gasteiger partial charge in [-0.05, 0) is 37.6 Å². The summed E-state index contributed by atoms with van der Waals surface area (Å²) in [6.07, 6.45) is 13.0. The molecule has 0 bridgehead atoms. The molecule has 1 radical (unpaired) electrons. The Morgan fingerprint density at radius 1 is 1.21 bits per heavy atom. The lowest BCUT2D eigenvalue weighted by molar-refractivity contribution is 0.310. The van der Waals surface area contributed by atoms with Crippen LogP contribution in [0.15, 0.2) is 17.7 Å². The van der Waals surface area contributed by atoms with E-state index in [4.69, 9.17) is 0 Å². The number of nitrogens with one attached hydrogen (secondary N) is 1. The normalized spacial score (nSPS) is 23.9. The Bertz CT molecular complexity index is 222. The molecule has 1 N–H and O–H groups in total. The summed E-state index contributed by atoms with van der Waals surface area (Å²) in [6.45, 7) is 4.62. The standard InChI is InChI=1S/C12H19N2/c1-2-4-10-14(9-3-1)11-12-5-7-13-8-6-12/h5-6,13H,1-4,7,9-11H2. The summed E-state index contributed by atoms with van der Waals surface area (Å²) in [5.74, 6) is 0. The van der Waals surface area contributed by atoms with Crippen LogP contribution in [0.3, 0.4) is 0 Å². The van der Waals surface area contributed by atoms with Crippen molar-refractivity contribution in [2.24, 2.45) is 0 Å². The van der Waals surface area contributed by atoms with Crippen LogP contribution >= 0.6 is 0 Å². The first-order valence-corrected chi connectivity index (χ1v) is 5.68. The van der Waals surface area contributed by atoms with E-state index in [1.165, 1.54) is 44.3 Å². The summed E-state index contributed by atoms with van der Waals surface area (Å²) < 4.78 is 0. The van der Waals surface area contributed by atoms with Gasteiger partial charge in [-0.3, -0.25) is 4.90 Å². The van der Waals surface area contributed by atoms with Crippen molar-refractivity contribution >= 4 is 0 Å². The number of hydrogen-bond donors (Lipinski definition) is 1. The van der Waals surface area contributed by atoms with Gasteiger partial charge < -0.3 is 5.32 Å². The molecule has 0 aromatic carbocycles. The van der Waals surface area contributed by atoms with Gasteiger partial charge in [-0.25, -0.2) is 0 Å². The molecule has 0 atom stereocenters. The van der Waals surface area contributed by atoms with Gasteiger partial charge in [-0.1, -0.05) is 18.9 Å². The molecule has 0 aromatic rings. The van der Waals surface area contributed by atoms with E-state index < -0.39 is 0 Å². The van der Waals surface area contributed by atoms with Gasteiger partial charge in [0, 0.05) is 13.1 Å². The van der Waals surface area contributed by atoms with Crippen LogP contribution in [-0.2, 0) is 0 Å². The molecule has 2 aliphatic rings. The number of hydrogen-bond acceptors (Lipinski definition) is 2. The molecule has 1 fully saturated rings. The van der Waals surface area contributed by atoms with Crippen LogP contribution in [0.4, 0.5) is 0 Å². The lowest BCUT2D eigenvalue weighted by Crippen LogP contribution is -2.27. The van der Waals surface area contributed by atoms with Crippen molar-refractivity contribution in [1.82, 2.24) is 10.2 Å². The molecular formula is C12H19N2. The molecule has 1 saturated heterocycles. The van der Waals surface area contributed by atoms with Gasteiger partial charge in [-0.15, -0.1) is 0 Å². The Balaban J connectivity index is 1.83. The molecule has 2 heteroatoms. The molecule has 0 aromatic heterocycles. The number of rotatable bonds is 2. The van der Waals surface area contributed by atoms with Crippen molar-refractivity contribution in [2.75, 3.05) is 26.2 Å². The minimum absolute atomic E-state index is 0.944. The van der Waals surface area contributed by atoms with Crippen LogP contribution in [0.1, 0.15) is 25.7 Å². The second kappa shape index (κ2) is 5.20. The van der Waals surface area contributed by atoms with Crippen LogP contribution < -0.4 is 5.32 Å². The largest absolute Gasteiger partial charge is 0.380 e. The van der Waals surface area contributed by atoms with Gasteiger partial charge in [0.2, 0.25) is 0 Å². The Hall–Kier alpha value is -0.760. The molecule has 0 unspecified atom stereocenters. The highest BCUT2D eigenvalue weighted by atomic mass is 15.1. The van der Waals surface area contributed by atoms with Crippen molar-refractivity contribution in [3.63, 3.8) is 0 Å². The molecule has 77 valence electrons. The van der Waals surface area contributed by atoms with E-state index in [0.717, 1.165) is 13.1 Å². The first-order chi connectivity index (χ1) is 6.95. The maximum atomic E-state index is 3.07. The van der Waals surface area contributed by atoms with Crippen LogP contribution in [-0.4, -0.2) is 31.1 Å². The fourth-order valence-electron chi connectivity index (χ4n) is 2.11. The van der Waals surface area contributed by atoms with Gasteiger partial charge >= 0.3 is 0 Å². The van der Waals surface area contributed by atoms with E-state index in [9.17, 15) is 0 Å². The topological polar surface area (TPSA) is 15.3 Å². The summed E-state index contributed by atoms with van der Waals surface area (Å²) in [5.41, 5.74) is 1.42. The fourth-order valence-corrected chi connectivity index (χ4v) is 2.11. The van der Waals surface area contributed by atoms with E-state index in [1.807, 2.05) is 0 Å². The van der Waals surface area contributed by atoms with E-state index >= 15 is 0 Å². The second-order valence-corrected chi connectivity index (χ2v) is 4.14. The van der Waals surface area contributed by atoms with E-state index in [1.54, 1.807) is 0 Å². The minimum atomic E-state index is 0.944. The van der Waals surface area contributed by atoms with Crippen molar-refractivity contribution in [3.8, 4) is 0 Å². The van der Waals surface area contributed by atoms with Crippen LogP contribution in [0.2, 0.25) is 0 Å². The monoisotopic (exact) mass is 191 g/mol. The molecule has 2 heterocycles. The van der Waals surface area contributed by atoms with E-state index in [2.05, 4.69) is 28.6 Å². The fraction of sp³-hybridized carbons (Fsp3) is 0.667. The summed E-state index contributed by atoms with van der Waals surface area (Å²) in [7, 11) is 0. The minimum Gasteiger partial charge on any atom is -0.380 e. The van der Waals surface area contributed by atoms with Gasteiger partial charge in [-0.2, -0.15) is 0 Å². The summed E-state index contributed by atoms with van der Waals surface area (Å²) in [5, 5.41) is 3.06. The zero-order valence-electron chi connectivity index (χ0n) is 8.76. The van der Waals surface area contributed by atoms with Crippen molar-refractivity contribution < 1.29 is 0 Å². The average Bonchev–Trinajstić information content (AvgIpc) is 2.48. The molecule has 0 saturated carbocycles. The summed E-state index contributed by atoms with van der Waals surface area (Å²) in [4.78, 5) is 2.57. The SMILES string of the molecule is [C]1=CC(CN2CCCCCC2)=CCN1. The number of likely N-dealkylation sites (tertiary alicyclic amines) is 1. The molecule has 2 aliphatic heterocycles. The third-order valence-electron chi connectivity index (χ3n) is 2.93. The maximum absolute atomic E-state index is 3.07. The van der Waals surface area contributed by atoms with Gasteiger partial charge in [0.15, 0.2) is 0 Å². The Kier molecular flexibility index (Phi) is 3.64. The second-order valence-electron chi connectivity index (χ2n) is 4.14. The molecule has 0 aliphatic carbocycles.